The number of ether oxygens (including phenoxy) is 1. The summed E-state index contributed by atoms with van der Waals surface area (Å²) < 4.78 is 5.21. The molecule has 0 bridgehead atoms. The maximum absolute atomic E-state index is 11.2. The second-order valence-electron chi connectivity index (χ2n) is 3.98. The van der Waals surface area contributed by atoms with Crippen molar-refractivity contribution in [3.8, 4) is 5.75 Å². The molecule has 0 aromatic heterocycles. The normalized spacial score (nSPS) is 13.8. The molecule has 0 atom stereocenters. The zero-order valence-electron chi connectivity index (χ0n) is 9.64. The van der Waals surface area contributed by atoms with Crippen molar-refractivity contribution < 1.29 is 19.7 Å². The fraction of sp³-hybridized carbons (Fsp3) is 0.364. The van der Waals surface area contributed by atoms with Crippen LogP contribution in [0.2, 0.25) is 0 Å². The molecule has 0 aliphatic carbocycles. The Morgan fingerprint density at radius 2 is 2.17 bits per heavy atom. The van der Waals surface area contributed by atoms with Crippen LogP contribution in [0, 0.1) is 0 Å². The Balaban J connectivity index is 2.26. The van der Waals surface area contributed by atoms with Crippen LogP contribution in [-0.4, -0.2) is 42.0 Å². The number of hydrogen-bond donors (Lipinski definition) is 5. The van der Waals surface area contributed by atoms with E-state index in [1.807, 2.05) is 0 Å². The van der Waals surface area contributed by atoms with E-state index in [1.165, 1.54) is 0 Å². The molecule has 7 nitrogen and oxygen atoms in total. The standard InChI is InChI=1S/C11H15N3O4/c12-7-1-10-9(14-11(17)5-18-10)2-8(7)13-6(3-15)4-16/h1-2,6,13,15-16H,3-5,12H2,(H,14,17). The van der Waals surface area contributed by atoms with Gasteiger partial charge in [-0.25, -0.2) is 0 Å². The van der Waals surface area contributed by atoms with E-state index in [-0.39, 0.29) is 25.7 Å². The lowest BCUT2D eigenvalue weighted by Crippen LogP contribution is -2.29. The highest BCUT2D eigenvalue weighted by atomic mass is 16.5. The van der Waals surface area contributed by atoms with Crippen molar-refractivity contribution in [1.29, 1.82) is 0 Å². The molecule has 98 valence electrons. The lowest BCUT2D eigenvalue weighted by molar-refractivity contribution is -0.118. The molecule has 1 aliphatic heterocycles. The Labute approximate surface area is 104 Å². The molecule has 0 radical (unpaired) electrons. The first-order valence-corrected chi connectivity index (χ1v) is 5.48. The maximum Gasteiger partial charge on any atom is 0.262 e. The van der Waals surface area contributed by atoms with Crippen molar-refractivity contribution in [2.24, 2.45) is 0 Å². The topological polar surface area (TPSA) is 117 Å². The Hall–Kier alpha value is -1.99. The number of benzene rings is 1. The number of fused-ring (bicyclic) bond motifs is 1. The van der Waals surface area contributed by atoms with E-state index in [0.717, 1.165) is 0 Å². The molecule has 0 saturated carbocycles. The second-order valence-corrected chi connectivity index (χ2v) is 3.98. The molecular weight excluding hydrogens is 238 g/mol. The number of nitrogens with two attached hydrogens (primary N) is 1. The van der Waals surface area contributed by atoms with Crippen molar-refractivity contribution in [2.75, 3.05) is 36.2 Å². The van der Waals surface area contributed by atoms with Crippen molar-refractivity contribution in [3.63, 3.8) is 0 Å². The van der Waals surface area contributed by atoms with Crippen LogP contribution in [0.3, 0.4) is 0 Å². The largest absolute Gasteiger partial charge is 0.482 e. The molecule has 1 amide bonds. The number of amides is 1. The highest BCUT2D eigenvalue weighted by Crippen LogP contribution is 2.35. The number of hydrogen-bond acceptors (Lipinski definition) is 6. The summed E-state index contributed by atoms with van der Waals surface area (Å²) in [6.45, 7) is -0.485. The van der Waals surface area contributed by atoms with E-state index < -0.39 is 6.04 Å². The molecule has 0 fully saturated rings. The molecule has 1 heterocycles. The summed E-state index contributed by atoms with van der Waals surface area (Å²) in [6, 6.07) is 2.69. The number of nitrogens with one attached hydrogen (secondary N) is 2. The lowest BCUT2D eigenvalue weighted by atomic mass is 10.2. The third kappa shape index (κ3) is 2.47. The fourth-order valence-corrected chi connectivity index (χ4v) is 1.64. The van der Waals surface area contributed by atoms with Crippen LogP contribution < -0.4 is 21.1 Å². The Morgan fingerprint density at radius 1 is 1.44 bits per heavy atom. The van der Waals surface area contributed by atoms with Gasteiger partial charge in [-0.15, -0.1) is 0 Å². The van der Waals surface area contributed by atoms with Gasteiger partial charge in [-0.2, -0.15) is 0 Å². The fourth-order valence-electron chi connectivity index (χ4n) is 1.64. The second kappa shape index (κ2) is 5.11. The van der Waals surface area contributed by atoms with Gasteiger partial charge >= 0.3 is 0 Å². The minimum absolute atomic E-state index is 0.0326. The summed E-state index contributed by atoms with van der Waals surface area (Å²) in [4.78, 5) is 11.2. The number of anilines is 3. The van der Waals surface area contributed by atoms with Crippen molar-refractivity contribution in [1.82, 2.24) is 0 Å². The molecule has 0 unspecified atom stereocenters. The van der Waals surface area contributed by atoms with Crippen LogP contribution in [0.15, 0.2) is 12.1 Å². The average molecular weight is 253 g/mol. The number of aliphatic hydroxyl groups excluding tert-OH is 2. The quantitative estimate of drug-likeness (QED) is 0.456. The monoisotopic (exact) mass is 253 g/mol. The van der Waals surface area contributed by atoms with Crippen LogP contribution in [0.1, 0.15) is 0 Å². The van der Waals surface area contributed by atoms with Crippen LogP contribution in [-0.2, 0) is 4.79 Å². The van der Waals surface area contributed by atoms with Crippen LogP contribution in [0.25, 0.3) is 0 Å². The summed E-state index contributed by atoms with van der Waals surface area (Å²) in [7, 11) is 0. The summed E-state index contributed by atoms with van der Waals surface area (Å²) >= 11 is 0. The molecule has 7 heteroatoms. The van der Waals surface area contributed by atoms with Crippen LogP contribution in [0.4, 0.5) is 17.1 Å². The van der Waals surface area contributed by atoms with Gasteiger partial charge in [-0.1, -0.05) is 0 Å². The number of carbonyl (C=O) groups is 1. The zero-order valence-corrected chi connectivity index (χ0v) is 9.64. The number of rotatable bonds is 4. The first kappa shape index (κ1) is 12.5. The Bertz CT molecular complexity index is 460. The molecule has 1 aromatic rings. The third-order valence-electron chi connectivity index (χ3n) is 2.58. The molecule has 1 aromatic carbocycles. The van der Waals surface area contributed by atoms with Gasteiger partial charge < -0.3 is 31.3 Å². The van der Waals surface area contributed by atoms with Crippen molar-refractivity contribution >= 4 is 23.0 Å². The number of nitrogen functional groups attached to an aromatic ring is 1. The molecule has 6 N–H and O–H groups in total. The van der Waals surface area contributed by atoms with Gasteiger partial charge in [0, 0.05) is 6.07 Å². The lowest BCUT2D eigenvalue weighted by Gasteiger charge is -2.22. The Morgan fingerprint density at radius 3 is 2.83 bits per heavy atom. The van der Waals surface area contributed by atoms with Gasteiger partial charge in [0.05, 0.1) is 36.3 Å². The summed E-state index contributed by atoms with van der Waals surface area (Å²) in [5.41, 5.74) is 7.26. The van der Waals surface area contributed by atoms with Gasteiger partial charge in [-0.3, -0.25) is 4.79 Å². The molecular formula is C11H15N3O4. The Kier molecular flexibility index (Phi) is 3.54. The minimum atomic E-state index is -0.509. The number of aliphatic hydroxyl groups is 2. The first-order chi connectivity index (χ1) is 8.63. The predicted molar refractivity (Wildman–Crippen MR) is 66.6 cm³/mol. The summed E-state index contributed by atoms with van der Waals surface area (Å²) in [5.74, 6) is 0.265. The predicted octanol–water partition coefficient (Wildman–Crippen LogP) is -0.635. The molecule has 0 spiro atoms. The first-order valence-electron chi connectivity index (χ1n) is 5.48. The van der Waals surface area contributed by atoms with Gasteiger partial charge in [0.1, 0.15) is 5.75 Å². The van der Waals surface area contributed by atoms with Gasteiger partial charge in [0.15, 0.2) is 6.61 Å². The van der Waals surface area contributed by atoms with E-state index in [2.05, 4.69) is 10.6 Å². The number of carbonyl (C=O) groups excluding carboxylic acids is 1. The summed E-state index contributed by atoms with van der Waals surface area (Å²) in [6.07, 6.45) is 0. The van der Waals surface area contributed by atoms with Crippen LogP contribution >= 0.6 is 0 Å². The molecule has 2 rings (SSSR count). The van der Waals surface area contributed by atoms with Gasteiger partial charge in [-0.05, 0) is 6.07 Å². The smallest absolute Gasteiger partial charge is 0.262 e. The SMILES string of the molecule is Nc1cc2c(cc1NC(CO)CO)NC(=O)CO2. The van der Waals surface area contributed by atoms with E-state index in [9.17, 15) is 4.79 Å². The maximum atomic E-state index is 11.2. The molecule has 1 aliphatic rings. The van der Waals surface area contributed by atoms with Crippen molar-refractivity contribution in [2.45, 2.75) is 6.04 Å². The zero-order chi connectivity index (χ0) is 13.1. The highest BCUT2D eigenvalue weighted by molar-refractivity contribution is 5.97. The van der Waals surface area contributed by atoms with Crippen molar-refractivity contribution in [3.05, 3.63) is 12.1 Å². The minimum Gasteiger partial charge on any atom is -0.482 e. The van der Waals surface area contributed by atoms with Crippen LogP contribution in [0.5, 0.6) is 5.75 Å². The van der Waals surface area contributed by atoms with E-state index in [4.69, 9.17) is 20.7 Å². The highest BCUT2D eigenvalue weighted by Gasteiger charge is 2.18. The molecule has 0 saturated heterocycles. The van der Waals surface area contributed by atoms with E-state index in [1.54, 1.807) is 12.1 Å². The summed E-state index contributed by atoms with van der Waals surface area (Å²) in [5, 5.41) is 23.5. The third-order valence-corrected chi connectivity index (χ3v) is 2.58. The van der Waals surface area contributed by atoms with Gasteiger partial charge in [0.25, 0.3) is 5.91 Å². The molecule has 18 heavy (non-hydrogen) atoms. The van der Waals surface area contributed by atoms with Gasteiger partial charge in [0.2, 0.25) is 0 Å². The van der Waals surface area contributed by atoms with E-state index in [0.29, 0.717) is 22.8 Å². The van der Waals surface area contributed by atoms with E-state index >= 15 is 0 Å². The average Bonchev–Trinajstić information content (AvgIpc) is 2.36.